The Hall–Kier alpha value is -1.53. The van der Waals surface area contributed by atoms with Crippen molar-refractivity contribution in [2.45, 2.75) is 0 Å². The monoisotopic (exact) mass is 356 g/mol. The van der Waals surface area contributed by atoms with Gasteiger partial charge in [0.1, 0.15) is 10.8 Å². The van der Waals surface area contributed by atoms with Crippen molar-refractivity contribution in [2.24, 2.45) is 5.73 Å². The second kappa shape index (κ2) is 5.85. The minimum Gasteiger partial charge on any atom is -0.389 e. The van der Waals surface area contributed by atoms with E-state index in [1.165, 1.54) is 17.0 Å². The van der Waals surface area contributed by atoms with Crippen LogP contribution in [0.4, 0.5) is 20.2 Å². The highest BCUT2D eigenvalue weighted by molar-refractivity contribution is 9.10. The molecule has 2 aromatic carbocycles. The molecule has 20 heavy (non-hydrogen) atoms. The third-order valence-corrected chi connectivity index (χ3v) is 3.90. The largest absolute Gasteiger partial charge is 0.389 e. The lowest BCUT2D eigenvalue weighted by Gasteiger charge is -2.21. The number of thiocarbonyl (C=S) groups is 1. The molecule has 0 atom stereocenters. The van der Waals surface area contributed by atoms with E-state index in [-0.39, 0.29) is 20.8 Å². The summed E-state index contributed by atoms with van der Waals surface area (Å²) < 4.78 is 28.3. The molecule has 104 valence electrons. The predicted octanol–water partition coefficient (Wildman–Crippen LogP) is 4.13. The molecule has 0 aliphatic carbocycles. The van der Waals surface area contributed by atoms with E-state index in [2.05, 4.69) is 15.9 Å². The molecular weight excluding hydrogens is 346 g/mol. The number of anilines is 2. The molecule has 0 fully saturated rings. The Morgan fingerprint density at radius 1 is 1.15 bits per heavy atom. The molecule has 2 rings (SSSR count). The molecule has 0 saturated heterocycles. The van der Waals surface area contributed by atoms with Crippen LogP contribution in [0.5, 0.6) is 0 Å². The first-order chi connectivity index (χ1) is 9.43. The normalized spacial score (nSPS) is 10.4. The number of nitrogens with two attached hydrogens (primary N) is 1. The topological polar surface area (TPSA) is 29.3 Å². The van der Waals surface area contributed by atoms with Gasteiger partial charge < -0.3 is 10.6 Å². The van der Waals surface area contributed by atoms with Gasteiger partial charge in [-0.25, -0.2) is 8.78 Å². The minimum atomic E-state index is -0.541. The first-order valence-corrected chi connectivity index (χ1v) is 6.89. The van der Waals surface area contributed by atoms with Gasteiger partial charge in [0.05, 0.1) is 15.8 Å². The van der Waals surface area contributed by atoms with Crippen molar-refractivity contribution in [1.82, 2.24) is 0 Å². The van der Waals surface area contributed by atoms with Crippen molar-refractivity contribution >= 4 is 44.5 Å². The van der Waals surface area contributed by atoms with Crippen LogP contribution >= 0.6 is 28.1 Å². The summed E-state index contributed by atoms with van der Waals surface area (Å²) in [6.07, 6.45) is 0. The van der Waals surface area contributed by atoms with Crippen LogP contribution in [0, 0.1) is 11.6 Å². The van der Waals surface area contributed by atoms with Gasteiger partial charge in [0.2, 0.25) is 0 Å². The van der Waals surface area contributed by atoms with Crippen molar-refractivity contribution in [2.75, 3.05) is 11.9 Å². The highest BCUT2D eigenvalue weighted by Gasteiger charge is 2.18. The Bertz CT molecular complexity index is 676. The van der Waals surface area contributed by atoms with E-state index in [1.807, 2.05) is 0 Å². The van der Waals surface area contributed by atoms with Gasteiger partial charge in [-0.15, -0.1) is 0 Å². The molecular formula is C14H11BrF2N2S. The van der Waals surface area contributed by atoms with E-state index >= 15 is 0 Å². The molecule has 0 aliphatic heterocycles. The first-order valence-electron chi connectivity index (χ1n) is 5.69. The molecule has 0 bridgehead atoms. The molecule has 0 amide bonds. The van der Waals surface area contributed by atoms with Gasteiger partial charge in [-0.3, -0.25) is 0 Å². The van der Waals surface area contributed by atoms with E-state index in [0.29, 0.717) is 5.56 Å². The Balaban J connectivity index is 2.52. The average Bonchev–Trinajstić information content (AvgIpc) is 2.41. The summed E-state index contributed by atoms with van der Waals surface area (Å²) in [5.74, 6) is -0.968. The molecule has 0 aromatic heterocycles. The molecule has 0 unspecified atom stereocenters. The molecule has 0 heterocycles. The van der Waals surface area contributed by atoms with Gasteiger partial charge in [0, 0.05) is 12.6 Å². The van der Waals surface area contributed by atoms with E-state index in [4.69, 9.17) is 18.0 Å². The molecule has 0 saturated carbocycles. The number of halogens is 3. The van der Waals surface area contributed by atoms with Crippen molar-refractivity contribution in [3.8, 4) is 0 Å². The van der Waals surface area contributed by atoms with Gasteiger partial charge >= 0.3 is 0 Å². The van der Waals surface area contributed by atoms with Crippen molar-refractivity contribution in [3.05, 3.63) is 58.1 Å². The maximum absolute atomic E-state index is 14.4. The van der Waals surface area contributed by atoms with Crippen molar-refractivity contribution in [3.63, 3.8) is 0 Å². The SMILES string of the molecule is CN(c1ccccc1F)c1ccc(C(N)=S)c(Br)c1F. The van der Waals surface area contributed by atoms with Crippen LogP contribution in [0.3, 0.4) is 0 Å². The smallest absolute Gasteiger partial charge is 0.161 e. The van der Waals surface area contributed by atoms with Gasteiger partial charge in [0.25, 0.3) is 0 Å². The third kappa shape index (κ3) is 2.66. The van der Waals surface area contributed by atoms with Crippen LogP contribution in [0.2, 0.25) is 0 Å². The summed E-state index contributed by atoms with van der Waals surface area (Å²) in [5.41, 5.74) is 6.41. The summed E-state index contributed by atoms with van der Waals surface area (Å²) in [4.78, 5) is 1.52. The Kier molecular flexibility index (Phi) is 4.35. The highest BCUT2D eigenvalue weighted by Crippen LogP contribution is 2.33. The van der Waals surface area contributed by atoms with Gasteiger partial charge in [-0.1, -0.05) is 24.4 Å². The van der Waals surface area contributed by atoms with Crippen LogP contribution in [0.15, 0.2) is 40.9 Å². The van der Waals surface area contributed by atoms with E-state index in [0.717, 1.165) is 0 Å². The molecule has 0 spiro atoms. The van der Waals surface area contributed by atoms with Crippen molar-refractivity contribution < 1.29 is 8.78 Å². The zero-order chi connectivity index (χ0) is 14.9. The maximum atomic E-state index is 14.4. The number of rotatable bonds is 3. The van der Waals surface area contributed by atoms with Gasteiger partial charge in [-0.05, 0) is 40.2 Å². The number of nitrogens with zero attached hydrogens (tertiary/aromatic N) is 1. The summed E-state index contributed by atoms with van der Waals surface area (Å²) in [6.45, 7) is 0. The second-order valence-corrected chi connectivity index (χ2v) is 5.37. The minimum absolute atomic E-state index is 0.0934. The molecule has 2 nitrogen and oxygen atoms in total. The van der Waals surface area contributed by atoms with Crippen LogP contribution in [0.25, 0.3) is 0 Å². The number of hydrogen-bond acceptors (Lipinski definition) is 2. The quantitative estimate of drug-likeness (QED) is 0.838. The Morgan fingerprint density at radius 2 is 1.80 bits per heavy atom. The maximum Gasteiger partial charge on any atom is 0.161 e. The van der Waals surface area contributed by atoms with Crippen LogP contribution in [-0.4, -0.2) is 12.0 Å². The second-order valence-electron chi connectivity index (χ2n) is 4.13. The summed E-state index contributed by atoms with van der Waals surface area (Å²) >= 11 is 7.97. The molecule has 2 aromatic rings. The fraction of sp³-hybridized carbons (Fsp3) is 0.0714. The highest BCUT2D eigenvalue weighted by atomic mass is 79.9. The average molecular weight is 357 g/mol. The lowest BCUT2D eigenvalue weighted by atomic mass is 10.1. The molecule has 0 aliphatic rings. The van der Waals surface area contributed by atoms with Crippen molar-refractivity contribution in [1.29, 1.82) is 0 Å². The van der Waals surface area contributed by atoms with E-state index in [9.17, 15) is 8.78 Å². The van der Waals surface area contributed by atoms with Gasteiger partial charge in [0.15, 0.2) is 5.82 Å². The predicted molar refractivity (Wildman–Crippen MR) is 84.5 cm³/mol. The fourth-order valence-corrected chi connectivity index (χ4v) is 2.69. The summed E-state index contributed by atoms with van der Waals surface area (Å²) in [6, 6.07) is 9.27. The van der Waals surface area contributed by atoms with Crippen LogP contribution in [0.1, 0.15) is 5.56 Å². The van der Waals surface area contributed by atoms with E-state index in [1.54, 1.807) is 31.3 Å². The third-order valence-electron chi connectivity index (χ3n) is 2.90. The first kappa shape index (κ1) is 14.9. The van der Waals surface area contributed by atoms with E-state index < -0.39 is 11.6 Å². The molecule has 2 N–H and O–H groups in total. The lowest BCUT2D eigenvalue weighted by Crippen LogP contribution is -2.16. The number of hydrogen-bond donors (Lipinski definition) is 1. The Labute approximate surface area is 129 Å². The van der Waals surface area contributed by atoms with Crippen LogP contribution < -0.4 is 10.6 Å². The Morgan fingerprint density at radius 3 is 2.40 bits per heavy atom. The molecule has 0 radical (unpaired) electrons. The van der Waals surface area contributed by atoms with Crippen LogP contribution in [-0.2, 0) is 0 Å². The zero-order valence-corrected chi connectivity index (χ0v) is 12.9. The summed E-state index contributed by atoms with van der Waals surface area (Å²) in [5, 5.41) is 0. The molecule has 6 heteroatoms. The lowest BCUT2D eigenvalue weighted by molar-refractivity contribution is 0.613. The zero-order valence-electron chi connectivity index (χ0n) is 10.5. The standard InChI is InChI=1S/C14H11BrF2N2S/c1-19(10-5-3-2-4-9(10)16)11-7-6-8(14(18)20)12(15)13(11)17/h2-7H,1H3,(H2,18,20). The van der Waals surface area contributed by atoms with Gasteiger partial charge in [-0.2, -0.15) is 0 Å². The number of benzene rings is 2. The number of para-hydroxylation sites is 1. The fourth-order valence-electron chi connectivity index (χ4n) is 1.84. The summed E-state index contributed by atoms with van der Waals surface area (Å²) in [7, 11) is 1.59.